The van der Waals surface area contributed by atoms with Crippen LogP contribution in [0.3, 0.4) is 0 Å². The van der Waals surface area contributed by atoms with Crippen LogP contribution >= 0.6 is 23.5 Å². The van der Waals surface area contributed by atoms with Gasteiger partial charge in [-0.05, 0) is 31.2 Å². The molecule has 0 radical (unpaired) electrons. The first-order valence-corrected chi connectivity index (χ1v) is 9.92. The number of hydrogen-bond acceptors (Lipinski definition) is 6. The van der Waals surface area contributed by atoms with Crippen molar-refractivity contribution in [3.63, 3.8) is 0 Å². The first kappa shape index (κ1) is 17.4. The van der Waals surface area contributed by atoms with Crippen molar-refractivity contribution < 1.29 is 14.4 Å². The number of hydrogen-bond donors (Lipinski definition) is 2. The minimum absolute atomic E-state index is 0.155. The molecule has 2 heterocycles. The summed E-state index contributed by atoms with van der Waals surface area (Å²) in [6.07, 6.45) is 0.721. The topological polar surface area (TPSA) is 75.4 Å². The van der Waals surface area contributed by atoms with E-state index in [-0.39, 0.29) is 5.91 Å². The highest BCUT2D eigenvalue weighted by molar-refractivity contribution is 7.99. The van der Waals surface area contributed by atoms with Crippen molar-refractivity contribution in [1.29, 1.82) is 0 Å². The maximum absolute atomic E-state index is 12.5. The molecule has 0 unspecified atom stereocenters. The van der Waals surface area contributed by atoms with Crippen LogP contribution < -0.4 is 5.32 Å². The molecule has 1 atom stereocenters. The van der Waals surface area contributed by atoms with E-state index in [1.165, 1.54) is 11.8 Å². The standard InChI is InChI=1S/C17H20N2O3S2/c1-12-8-13(22-19-12)9-24-15-5-3-2-4-14(15)16(20)18-10-17(21)6-7-23-11-17/h2-5,8,21H,6-7,9-11H2,1H3,(H,18,20)/t17-/m0/s1. The Balaban J connectivity index is 1.63. The molecule has 0 aliphatic carbocycles. The SMILES string of the molecule is Cc1cc(CSc2ccccc2C(=O)NC[C@@]2(O)CCSC2)on1. The number of aliphatic hydroxyl groups is 1. The van der Waals surface area contributed by atoms with Gasteiger partial charge in [0.15, 0.2) is 0 Å². The molecule has 24 heavy (non-hydrogen) atoms. The molecule has 1 aromatic heterocycles. The highest BCUT2D eigenvalue weighted by Gasteiger charge is 2.32. The molecule has 1 aliphatic heterocycles. The predicted molar refractivity (Wildman–Crippen MR) is 96.5 cm³/mol. The zero-order valence-corrected chi connectivity index (χ0v) is 15.1. The number of amides is 1. The van der Waals surface area contributed by atoms with Crippen LogP contribution in [0.4, 0.5) is 0 Å². The number of nitrogens with zero attached hydrogens (tertiary/aromatic N) is 1. The summed E-state index contributed by atoms with van der Waals surface area (Å²) in [5, 5.41) is 17.1. The fourth-order valence-corrected chi connectivity index (χ4v) is 4.71. The van der Waals surface area contributed by atoms with Gasteiger partial charge in [0.2, 0.25) is 0 Å². The number of carbonyl (C=O) groups excluding carboxylic acids is 1. The third-order valence-corrected chi connectivity index (χ3v) is 6.17. The summed E-state index contributed by atoms with van der Waals surface area (Å²) in [5.41, 5.74) is 0.687. The predicted octanol–water partition coefficient (Wildman–Crippen LogP) is 2.87. The summed E-state index contributed by atoms with van der Waals surface area (Å²) >= 11 is 3.26. The lowest BCUT2D eigenvalue weighted by Gasteiger charge is -2.21. The minimum Gasteiger partial charge on any atom is -0.387 e. The first-order valence-electron chi connectivity index (χ1n) is 7.78. The summed E-state index contributed by atoms with van der Waals surface area (Å²) in [4.78, 5) is 13.4. The maximum Gasteiger partial charge on any atom is 0.252 e. The third kappa shape index (κ3) is 4.34. The molecule has 3 rings (SSSR count). The molecule has 1 saturated heterocycles. The van der Waals surface area contributed by atoms with Crippen LogP contribution in [0.5, 0.6) is 0 Å². The molecular weight excluding hydrogens is 344 g/mol. The van der Waals surface area contributed by atoms with Gasteiger partial charge in [0.25, 0.3) is 5.91 Å². The van der Waals surface area contributed by atoms with Gasteiger partial charge in [-0.3, -0.25) is 4.79 Å². The van der Waals surface area contributed by atoms with Gasteiger partial charge in [0.05, 0.1) is 22.6 Å². The van der Waals surface area contributed by atoms with Gasteiger partial charge >= 0.3 is 0 Å². The van der Waals surface area contributed by atoms with E-state index in [0.29, 0.717) is 23.6 Å². The lowest BCUT2D eigenvalue weighted by molar-refractivity contribution is 0.0611. The molecule has 2 N–H and O–H groups in total. The summed E-state index contributed by atoms with van der Waals surface area (Å²) in [7, 11) is 0. The second-order valence-electron chi connectivity index (χ2n) is 5.93. The number of rotatable bonds is 6. The van der Waals surface area contributed by atoms with Gasteiger partial charge < -0.3 is 14.9 Å². The normalized spacial score (nSPS) is 20.2. The molecule has 0 spiro atoms. The van der Waals surface area contributed by atoms with Gasteiger partial charge in [-0.2, -0.15) is 11.8 Å². The molecule has 2 aromatic rings. The Morgan fingerprint density at radius 1 is 1.50 bits per heavy atom. The van der Waals surface area contributed by atoms with Gasteiger partial charge in [-0.1, -0.05) is 17.3 Å². The average molecular weight is 364 g/mol. The Morgan fingerprint density at radius 2 is 2.33 bits per heavy atom. The highest BCUT2D eigenvalue weighted by Crippen LogP contribution is 2.28. The largest absolute Gasteiger partial charge is 0.387 e. The van der Waals surface area contributed by atoms with E-state index < -0.39 is 5.60 Å². The second-order valence-corrected chi connectivity index (χ2v) is 8.05. The molecule has 1 aromatic carbocycles. The van der Waals surface area contributed by atoms with Crippen molar-refractivity contribution in [2.75, 3.05) is 18.1 Å². The van der Waals surface area contributed by atoms with Crippen molar-refractivity contribution in [3.8, 4) is 0 Å². The van der Waals surface area contributed by atoms with Crippen LogP contribution in [0, 0.1) is 6.92 Å². The molecule has 0 saturated carbocycles. The monoisotopic (exact) mass is 364 g/mol. The quantitative estimate of drug-likeness (QED) is 0.768. The van der Waals surface area contributed by atoms with Crippen molar-refractivity contribution in [3.05, 3.63) is 47.3 Å². The summed E-state index contributed by atoms with van der Waals surface area (Å²) in [6, 6.07) is 9.37. The van der Waals surface area contributed by atoms with E-state index in [1.807, 2.05) is 31.2 Å². The molecule has 128 valence electrons. The fraction of sp³-hybridized carbons (Fsp3) is 0.412. The molecule has 7 heteroatoms. The molecule has 1 fully saturated rings. The zero-order valence-electron chi connectivity index (χ0n) is 13.4. The lowest BCUT2D eigenvalue weighted by atomic mass is 10.0. The van der Waals surface area contributed by atoms with E-state index >= 15 is 0 Å². The number of thioether (sulfide) groups is 2. The van der Waals surface area contributed by atoms with Gasteiger partial charge in [-0.15, -0.1) is 11.8 Å². The number of aryl methyl sites for hydroxylation is 1. The second kappa shape index (κ2) is 7.63. The van der Waals surface area contributed by atoms with Crippen molar-refractivity contribution in [2.24, 2.45) is 0 Å². The summed E-state index contributed by atoms with van der Waals surface area (Å²) in [5.74, 6) is 2.86. The Kier molecular flexibility index (Phi) is 5.53. The number of nitrogens with one attached hydrogen (secondary N) is 1. The van der Waals surface area contributed by atoms with E-state index in [0.717, 1.165) is 28.5 Å². The Hall–Kier alpha value is -1.44. The minimum atomic E-state index is -0.778. The van der Waals surface area contributed by atoms with E-state index in [2.05, 4.69) is 10.5 Å². The maximum atomic E-state index is 12.5. The Labute approximate surface area is 149 Å². The molecule has 1 aliphatic rings. The fourth-order valence-electron chi connectivity index (χ4n) is 2.49. The summed E-state index contributed by atoms with van der Waals surface area (Å²) < 4.78 is 5.21. The van der Waals surface area contributed by atoms with E-state index in [4.69, 9.17) is 4.52 Å². The van der Waals surface area contributed by atoms with E-state index in [9.17, 15) is 9.90 Å². The Morgan fingerprint density at radius 3 is 3.04 bits per heavy atom. The van der Waals surface area contributed by atoms with Crippen LogP contribution in [0.1, 0.15) is 28.2 Å². The zero-order chi connectivity index (χ0) is 17.0. The van der Waals surface area contributed by atoms with Gasteiger partial charge in [0.1, 0.15) is 5.76 Å². The molecule has 0 bridgehead atoms. The smallest absolute Gasteiger partial charge is 0.252 e. The number of carbonyl (C=O) groups is 1. The lowest BCUT2D eigenvalue weighted by Crippen LogP contribution is -2.43. The van der Waals surface area contributed by atoms with Crippen LogP contribution in [0.2, 0.25) is 0 Å². The van der Waals surface area contributed by atoms with Crippen molar-refractivity contribution in [1.82, 2.24) is 10.5 Å². The molecule has 5 nitrogen and oxygen atoms in total. The van der Waals surface area contributed by atoms with Gasteiger partial charge in [0, 0.05) is 23.3 Å². The van der Waals surface area contributed by atoms with Crippen LogP contribution in [0.25, 0.3) is 0 Å². The molecule has 1 amide bonds. The third-order valence-electron chi connectivity index (χ3n) is 3.84. The first-order chi connectivity index (χ1) is 11.6. The number of benzene rings is 1. The van der Waals surface area contributed by atoms with Gasteiger partial charge in [-0.25, -0.2) is 0 Å². The average Bonchev–Trinajstić information content (AvgIpc) is 3.20. The highest BCUT2D eigenvalue weighted by atomic mass is 32.2. The van der Waals surface area contributed by atoms with Crippen LogP contribution in [0.15, 0.2) is 39.8 Å². The Bertz CT molecular complexity index is 711. The van der Waals surface area contributed by atoms with Crippen LogP contribution in [-0.2, 0) is 5.75 Å². The van der Waals surface area contributed by atoms with Crippen LogP contribution in [-0.4, -0.2) is 39.8 Å². The van der Waals surface area contributed by atoms with Crippen molar-refractivity contribution in [2.45, 2.75) is 29.6 Å². The molecular formula is C17H20N2O3S2. The number of aromatic nitrogens is 1. The van der Waals surface area contributed by atoms with E-state index in [1.54, 1.807) is 17.8 Å². The van der Waals surface area contributed by atoms with Crippen molar-refractivity contribution >= 4 is 29.4 Å². The summed E-state index contributed by atoms with van der Waals surface area (Å²) in [6.45, 7) is 2.17.